The Balaban J connectivity index is 2.11. The van der Waals surface area contributed by atoms with Crippen molar-refractivity contribution in [3.8, 4) is 11.8 Å². The molecule has 18 heavy (non-hydrogen) atoms. The minimum Gasteiger partial charge on any atom is -0.481 e. The maximum atomic E-state index is 10.1. The molecule has 1 aromatic heterocycles. The van der Waals surface area contributed by atoms with Crippen LogP contribution in [0.5, 0.6) is 11.8 Å². The number of rotatable bonds is 5. The lowest BCUT2D eigenvalue weighted by atomic mass is 9.90. The van der Waals surface area contributed by atoms with Gasteiger partial charge in [0.2, 0.25) is 17.7 Å². The molecular formula is C12H19N3O3. The molecule has 2 heterocycles. The summed E-state index contributed by atoms with van der Waals surface area (Å²) in [6, 6.07) is 1.63. The first kappa shape index (κ1) is 12.9. The van der Waals surface area contributed by atoms with E-state index in [4.69, 9.17) is 9.47 Å². The fourth-order valence-electron chi connectivity index (χ4n) is 2.17. The summed E-state index contributed by atoms with van der Waals surface area (Å²) < 4.78 is 10.2. The van der Waals surface area contributed by atoms with Crippen molar-refractivity contribution in [1.82, 2.24) is 9.97 Å². The van der Waals surface area contributed by atoms with Crippen molar-refractivity contribution in [1.29, 1.82) is 0 Å². The molecule has 6 nitrogen and oxygen atoms in total. The van der Waals surface area contributed by atoms with Gasteiger partial charge in [0.1, 0.15) is 0 Å². The molecule has 1 aliphatic heterocycles. The number of ether oxygens (including phenoxy) is 2. The number of hydrogen-bond acceptors (Lipinski definition) is 6. The van der Waals surface area contributed by atoms with E-state index in [1.807, 2.05) is 4.90 Å². The van der Waals surface area contributed by atoms with Crippen LogP contribution in [0.15, 0.2) is 6.07 Å². The van der Waals surface area contributed by atoms with Crippen molar-refractivity contribution in [3.05, 3.63) is 6.07 Å². The van der Waals surface area contributed by atoms with Crippen LogP contribution in [-0.2, 0) is 0 Å². The van der Waals surface area contributed by atoms with E-state index < -0.39 is 5.60 Å². The largest absolute Gasteiger partial charge is 0.481 e. The van der Waals surface area contributed by atoms with Gasteiger partial charge in [0, 0.05) is 0 Å². The molecule has 6 heteroatoms. The average Bonchev–Trinajstić information content (AvgIpc) is 2.35. The van der Waals surface area contributed by atoms with Crippen LogP contribution in [-0.4, -0.2) is 48.0 Å². The summed E-state index contributed by atoms with van der Waals surface area (Å²) in [5.41, 5.74) is -0.603. The smallest absolute Gasteiger partial charge is 0.232 e. The lowest BCUT2D eigenvalue weighted by Gasteiger charge is -2.46. The molecule has 0 saturated carbocycles. The van der Waals surface area contributed by atoms with Crippen molar-refractivity contribution in [2.24, 2.45) is 0 Å². The van der Waals surface area contributed by atoms with Gasteiger partial charge in [-0.1, -0.05) is 13.3 Å². The van der Waals surface area contributed by atoms with E-state index in [1.165, 1.54) is 0 Å². The molecule has 1 aromatic rings. The van der Waals surface area contributed by atoms with Gasteiger partial charge in [-0.3, -0.25) is 0 Å². The number of aromatic nitrogens is 2. The predicted molar refractivity (Wildman–Crippen MR) is 67.2 cm³/mol. The van der Waals surface area contributed by atoms with Crippen LogP contribution in [0.3, 0.4) is 0 Å². The number of aliphatic hydroxyl groups is 1. The molecule has 0 radical (unpaired) electrons. The zero-order valence-corrected chi connectivity index (χ0v) is 11.0. The first-order chi connectivity index (χ1) is 8.60. The molecule has 0 bridgehead atoms. The second kappa shape index (κ2) is 4.97. The Kier molecular flexibility index (Phi) is 3.56. The highest BCUT2D eigenvalue weighted by Gasteiger charge is 2.41. The van der Waals surface area contributed by atoms with Gasteiger partial charge in [-0.15, -0.1) is 0 Å². The van der Waals surface area contributed by atoms with Crippen LogP contribution in [0, 0.1) is 0 Å². The molecule has 2 rings (SSSR count). The van der Waals surface area contributed by atoms with Gasteiger partial charge in [0.05, 0.1) is 39.0 Å². The second-order valence-corrected chi connectivity index (χ2v) is 4.58. The Bertz CT molecular complexity index is 397. The van der Waals surface area contributed by atoms with Gasteiger partial charge in [-0.25, -0.2) is 0 Å². The van der Waals surface area contributed by atoms with E-state index >= 15 is 0 Å². The topological polar surface area (TPSA) is 67.7 Å². The van der Waals surface area contributed by atoms with Crippen LogP contribution in [0.25, 0.3) is 0 Å². The van der Waals surface area contributed by atoms with Crippen LogP contribution in [0.2, 0.25) is 0 Å². The number of nitrogens with zero attached hydrogens (tertiary/aromatic N) is 3. The molecule has 0 amide bonds. The van der Waals surface area contributed by atoms with Gasteiger partial charge in [-0.2, -0.15) is 9.97 Å². The normalized spacial score (nSPS) is 17.2. The number of hydrogen-bond donors (Lipinski definition) is 1. The quantitative estimate of drug-likeness (QED) is 0.839. The van der Waals surface area contributed by atoms with Gasteiger partial charge < -0.3 is 19.5 Å². The van der Waals surface area contributed by atoms with E-state index in [0.29, 0.717) is 30.8 Å². The SMILES string of the molecule is CCCC1(O)CN(c2nc(OC)cc(OC)n2)C1. The summed E-state index contributed by atoms with van der Waals surface area (Å²) in [4.78, 5) is 10.4. The van der Waals surface area contributed by atoms with Crippen LogP contribution >= 0.6 is 0 Å². The monoisotopic (exact) mass is 253 g/mol. The summed E-state index contributed by atoms with van der Waals surface area (Å²) in [5.74, 6) is 1.46. The zero-order chi connectivity index (χ0) is 13.2. The van der Waals surface area contributed by atoms with Crippen molar-refractivity contribution < 1.29 is 14.6 Å². The molecule has 0 spiro atoms. The Labute approximate surface area is 107 Å². The maximum Gasteiger partial charge on any atom is 0.232 e. The predicted octanol–water partition coefficient (Wildman–Crippen LogP) is 0.845. The molecule has 0 aromatic carbocycles. The third kappa shape index (κ3) is 2.48. The second-order valence-electron chi connectivity index (χ2n) is 4.58. The molecule has 0 atom stereocenters. The van der Waals surface area contributed by atoms with Crippen molar-refractivity contribution in [2.75, 3.05) is 32.2 Å². The first-order valence-corrected chi connectivity index (χ1v) is 6.04. The summed E-state index contributed by atoms with van der Waals surface area (Å²) in [6.45, 7) is 3.17. The maximum absolute atomic E-state index is 10.1. The Hall–Kier alpha value is -1.56. The average molecular weight is 253 g/mol. The van der Waals surface area contributed by atoms with Gasteiger partial charge in [0.15, 0.2) is 0 Å². The van der Waals surface area contributed by atoms with E-state index in [9.17, 15) is 5.11 Å². The fourth-order valence-corrected chi connectivity index (χ4v) is 2.17. The Morgan fingerprint density at radius 2 is 1.83 bits per heavy atom. The molecule has 100 valence electrons. The van der Waals surface area contributed by atoms with Crippen molar-refractivity contribution >= 4 is 5.95 Å². The summed E-state index contributed by atoms with van der Waals surface area (Å²) in [5, 5.41) is 10.1. The molecule has 1 N–H and O–H groups in total. The highest BCUT2D eigenvalue weighted by Crippen LogP contribution is 2.30. The third-order valence-electron chi connectivity index (χ3n) is 3.05. The lowest BCUT2D eigenvalue weighted by molar-refractivity contribution is 0.00233. The van der Waals surface area contributed by atoms with Crippen LogP contribution in [0.4, 0.5) is 5.95 Å². The number of methoxy groups -OCH3 is 2. The summed E-state index contributed by atoms with van der Waals surface area (Å²) >= 11 is 0. The Morgan fingerprint density at radius 1 is 1.28 bits per heavy atom. The molecule has 0 unspecified atom stereocenters. The number of β-amino-alcohol motifs (C(OH)–C–C–N with tert-alkyl or cyclic N) is 1. The zero-order valence-electron chi connectivity index (χ0n) is 11.0. The number of anilines is 1. The summed E-state index contributed by atoms with van der Waals surface area (Å²) in [7, 11) is 3.10. The van der Waals surface area contributed by atoms with E-state index in [-0.39, 0.29) is 0 Å². The van der Waals surface area contributed by atoms with Gasteiger partial charge >= 0.3 is 0 Å². The third-order valence-corrected chi connectivity index (χ3v) is 3.05. The van der Waals surface area contributed by atoms with Crippen molar-refractivity contribution in [2.45, 2.75) is 25.4 Å². The highest BCUT2D eigenvalue weighted by molar-refractivity contribution is 5.41. The first-order valence-electron chi connectivity index (χ1n) is 6.04. The van der Waals surface area contributed by atoms with Crippen LogP contribution in [0.1, 0.15) is 19.8 Å². The fraction of sp³-hybridized carbons (Fsp3) is 0.667. The summed E-state index contributed by atoms with van der Waals surface area (Å²) in [6.07, 6.45) is 1.76. The van der Waals surface area contributed by atoms with E-state index in [2.05, 4.69) is 16.9 Å². The standard InChI is InChI=1S/C12H19N3O3/c1-4-5-12(16)7-15(8-12)11-13-9(17-2)6-10(14-11)18-3/h6,16H,4-5,7-8H2,1-3H3. The van der Waals surface area contributed by atoms with Gasteiger partial charge in [-0.05, 0) is 6.42 Å². The molecule has 1 saturated heterocycles. The van der Waals surface area contributed by atoms with Gasteiger partial charge in [0.25, 0.3) is 0 Å². The minimum absolute atomic E-state index is 0.461. The molecule has 0 aliphatic carbocycles. The molecule has 1 fully saturated rings. The molecular weight excluding hydrogens is 234 g/mol. The van der Waals surface area contributed by atoms with E-state index in [1.54, 1.807) is 20.3 Å². The Morgan fingerprint density at radius 3 is 2.28 bits per heavy atom. The lowest BCUT2D eigenvalue weighted by Crippen LogP contribution is -2.62. The van der Waals surface area contributed by atoms with Crippen LogP contribution < -0.4 is 14.4 Å². The molecule has 1 aliphatic rings. The highest BCUT2D eigenvalue weighted by atomic mass is 16.5. The van der Waals surface area contributed by atoms with E-state index in [0.717, 1.165) is 12.8 Å². The minimum atomic E-state index is -0.603. The van der Waals surface area contributed by atoms with Crippen molar-refractivity contribution in [3.63, 3.8) is 0 Å².